The fraction of sp³-hybridized carbons (Fsp3) is 0.533. The minimum Gasteiger partial charge on any atom is -0.409 e. The Bertz CT molecular complexity index is 482. The molecule has 5 heteroatoms. The van der Waals surface area contributed by atoms with Gasteiger partial charge in [0.2, 0.25) is 0 Å². The Morgan fingerprint density at radius 3 is 2.85 bits per heavy atom. The van der Waals surface area contributed by atoms with Crippen LogP contribution < -0.4 is 10.0 Å². The molecule has 4 nitrogen and oxygen atoms in total. The van der Waals surface area contributed by atoms with Crippen LogP contribution in [0.2, 0.25) is 0 Å². The highest BCUT2D eigenvalue weighted by Gasteiger charge is 2.62. The molecule has 2 aliphatic rings. The first-order chi connectivity index (χ1) is 9.79. The van der Waals surface area contributed by atoms with Crippen LogP contribution in [0.1, 0.15) is 25.7 Å². The number of carbonyl (C=O) groups is 1. The van der Waals surface area contributed by atoms with E-state index in [9.17, 15) is 4.79 Å². The van der Waals surface area contributed by atoms with E-state index >= 15 is 0 Å². The highest BCUT2D eigenvalue weighted by molar-refractivity contribution is 6.17. The highest BCUT2D eigenvalue weighted by Crippen LogP contribution is 2.39. The smallest absolute Gasteiger partial charge is 0.409 e. The zero-order valence-electron chi connectivity index (χ0n) is 11.4. The van der Waals surface area contributed by atoms with Crippen LogP contribution in [0.25, 0.3) is 0 Å². The van der Waals surface area contributed by atoms with Crippen molar-refractivity contribution < 1.29 is 9.53 Å². The van der Waals surface area contributed by atoms with Gasteiger partial charge in [0.25, 0.3) is 0 Å². The minimum absolute atomic E-state index is 0.000854. The molecule has 1 N–H and O–H groups in total. The monoisotopic (exact) mass is 295 g/mol. The summed E-state index contributed by atoms with van der Waals surface area (Å²) >= 11 is 5.73. The van der Waals surface area contributed by atoms with Gasteiger partial charge in [0.05, 0.1) is 6.54 Å². The van der Waals surface area contributed by atoms with Crippen molar-refractivity contribution in [1.82, 2.24) is 10.0 Å². The first-order valence-electron chi connectivity index (χ1n) is 7.25. The molecule has 0 aromatic heterocycles. The second-order valence-corrected chi connectivity index (χ2v) is 5.81. The molecule has 3 atom stereocenters. The van der Waals surface area contributed by atoms with Crippen LogP contribution in [0.4, 0.5) is 10.5 Å². The fourth-order valence-electron chi connectivity index (χ4n) is 3.37. The van der Waals surface area contributed by atoms with Gasteiger partial charge in [0.1, 0.15) is 0 Å². The van der Waals surface area contributed by atoms with E-state index < -0.39 is 0 Å². The zero-order chi connectivity index (χ0) is 14.0. The van der Waals surface area contributed by atoms with Gasteiger partial charge >= 0.3 is 6.09 Å². The topological polar surface area (TPSA) is 38.3 Å². The van der Waals surface area contributed by atoms with E-state index in [1.54, 1.807) is 0 Å². The average Bonchev–Trinajstić information content (AvgIpc) is 3.02. The van der Waals surface area contributed by atoms with Gasteiger partial charge in [-0.2, -0.15) is 10.2 Å². The van der Waals surface area contributed by atoms with Crippen molar-refractivity contribution >= 4 is 23.4 Å². The van der Waals surface area contributed by atoms with Crippen LogP contribution in [0.3, 0.4) is 0 Å². The summed E-state index contributed by atoms with van der Waals surface area (Å²) in [7, 11) is 0. The summed E-state index contributed by atoms with van der Waals surface area (Å²) in [6, 6.07) is 10.1. The third-order valence-electron chi connectivity index (χ3n) is 4.30. The SMILES string of the molecule is O=C1OC(CCCCCl)C2CCN[N+]12c1ccccc1. The molecule has 2 aliphatic heterocycles. The van der Waals surface area contributed by atoms with E-state index in [0.717, 1.165) is 37.9 Å². The number of benzene rings is 1. The number of carbonyl (C=O) groups excluding carboxylic acids is 1. The number of alkyl halides is 1. The molecule has 0 bridgehead atoms. The molecular formula is C15H20ClN2O2+. The van der Waals surface area contributed by atoms with Crippen LogP contribution in [0.5, 0.6) is 0 Å². The Morgan fingerprint density at radius 1 is 1.30 bits per heavy atom. The number of rotatable bonds is 5. The van der Waals surface area contributed by atoms with Crippen molar-refractivity contribution in [2.24, 2.45) is 0 Å². The zero-order valence-corrected chi connectivity index (χ0v) is 12.2. The lowest BCUT2D eigenvalue weighted by molar-refractivity contribution is 0.118. The van der Waals surface area contributed by atoms with Gasteiger partial charge in [-0.15, -0.1) is 16.2 Å². The predicted octanol–water partition coefficient (Wildman–Crippen LogP) is 3.20. The van der Waals surface area contributed by atoms with Crippen LogP contribution >= 0.6 is 11.6 Å². The van der Waals surface area contributed by atoms with Crippen LogP contribution in [0, 0.1) is 0 Å². The summed E-state index contributed by atoms with van der Waals surface area (Å²) in [4.78, 5) is 12.5. The standard InChI is InChI=1S/C15H20ClN2O2/c16-10-5-4-8-14-13-9-11-17-18(13,15(19)20-14)12-6-2-1-3-7-12/h1-3,6-7,13-14,17H,4-5,8-11H2/q+1. The van der Waals surface area contributed by atoms with E-state index in [0.29, 0.717) is 5.88 Å². The maximum atomic E-state index is 12.5. The number of cyclic esters (lactones) is 1. The number of halogens is 1. The third-order valence-corrected chi connectivity index (χ3v) is 4.57. The number of para-hydroxylation sites is 1. The first kappa shape index (κ1) is 13.9. The number of nitrogens with one attached hydrogen (secondary N) is 1. The van der Waals surface area contributed by atoms with E-state index in [4.69, 9.17) is 16.3 Å². The summed E-state index contributed by atoms with van der Waals surface area (Å²) in [5.74, 6) is 0.669. The van der Waals surface area contributed by atoms with Gasteiger partial charge in [-0.05, 0) is 19.3 Å². The number of hydrogen-bond donors (Lipinski definition) is 1. The molecule has 20 heavy (non-hydrogen) atoms. The molecule has 1 aromatic rings. The van der Waals surface area contributed by atoms with Crippen molar-refractivity contribution in [3.63, 3.8) is 0 Å². The number of unbranched alkanes of at least 4 members (excludes halogenated alkanes) is 1. The first-order valence-corrected chi connectivity index (χ1v) is 7.79. The molecule has 0 saturated carbocycles. The number of fused-ring (bicyclic) bond motifs is 1. The highest BCUT2D eigenvalue weighted by atomic mass is 35.5. The second kappa shape index (κ2) is 5.72. The molecule has 1 amide bonds. The Kier molecular flexibility index (Phi) is 3.96. The molecule has 0 radical (unpaired) electrons. The Morgan fingerprint density at radius 2 is 2.10 bits per heavy atom. The fourth-order valence-corrected chi connectivity index (χ4v) is 3.56. The largest absolute Gasteiger partial charge is 0.542 e. The summed E-state index contributed by atoms with van der Waals surface area (Å²) in [6.45, 7) is 0.848. The van der Waals surface area contributed by atoms with Crippen molar-refractivity contribution in [3.8, 4) is 0 Å². The third kappa shape index (κ3) is 2.12. The van der Waals surface area contributed by atoms with Gasteiger partial charge in [-0.25, -0.2) is 0 Å². The number of ether oxygens (including phenoxy) is 1. The Labute approximate surface area is 124 Å². The molecule has 3 unspecified atom stereocenters. The quantitative estimate of drug-likeness (QED) is 0.515. The van der Waals surface area contributed by atoms with Crippen molar-refractivity contribution in [3.05, 3.63) is 30.3 Å². The van der Waals surface area contributed by atoms with Gasteiger partial charge in [0.15, 0.2) is 17.8 Å². The predicted molar refractivity (Wildman–Crippen MR) is 79.5 cm³/mol. The van der Waals surface area contributed by atoms with Gasteiger partial charge in [-0.3, -0.25) is 0 Å². The lowest BCUT2D eigenvalue weighted by Crippen LogP contribution is -2.60. The number of amides is 1. The van der Waals surface area contributed by atoms with Crippen LogP contribution in [-0.2, 0) is 4.74 Å². The van der Waals surface area contributed by atoms with E-state index in [-0.39, 0.29) is 22.8 Å². The van der Waals surface area contributed by atoms with Crippen LogP contribution in [-0.4, -0.2) is 30.7 Å². The number of hydrogen-bond acceptors (Lipinski definition) is 3. The minimum atomic E-state index is -0.172. The van der Waals surface area contributed by atoms with Gasteiger partial charge in [0, 0.05) is 24.4 Å². The molecule has 0 spiro atoms. The van der Waals surface area contributed by atoms with Crippen LogP contribution in [0.15, 0.2) is 30.3 Å². The Hall–Kier alpha value is -1.10. The van der Waals surface area contributed by atoms with Crippen molar-refractivity contribution in [2.45, 2.75) is 37.8 Å². The number of nitrogens with zero attached hydrogens (tertiary/aromatic N) is 1. The molecule has 2 heterocycles. The normalized spacial score (nSPS) is 32.1. The van der Waals surface area contributed by atoms with E-state index in [1.165, 1.54) is 0 Å². The van der Waals surface area contributed by atoms with E-state index in [2.05, 4.69) is 5.43 Å². The summed E-state index contributed by atoms with van der Waals surface area (Å²) < 4.78 is 5.82. The maximum absolute atomic E-state index is 12.5. The Balaban J connectivity index is 1.85. The number of quaternary nitrogens is 1. The van der Waals surface area contributed by atoms with Crippen molar-refractivity contribution in [2.75, 3.05) is 12.4 Å². The molecule has 108 valence electrons. The molecule has 2 saturated heterocycles. The average molecular weight is 296 g/mol. The molecule has 2 fully saturated rings. The van der Waals surface area contributed by atoms with Crippen molar-refractivity contribution in [1.29, 1.82) is 0 Å². The molecule has 3 rings (SSSR count). The van der Waals surface area contributed by atoms with E-state index in [1.807, 2.05) is 30.3 Å². The summed E-state index contributed by atoms with van der Waals surface area (Å²) in [5.41, 5.74) is 4.33. The maximum Gasteiger partial charge on any atom is 0.542 e. The lowest BCUT2D eigenvalue weighted by Gasteiger charge is -2.27. The summed E-state index contributed by atoms with van der Waals surface area (Å²) in [6.07, 6.45) is 3.67. The lowest BCUT2D eigenvalue weighted by atomic mass is 10.0. The second-order valence-electron chi connectivity index (χ2n) is 5.43. The van der Waals surface area contributed by atoms with Gasteiger partial charge in [-0.1, -0.05) is 18.2 Å². The molecule has 1 aromatic carbocycles. The summed E-state index contributed by atoms with van der Waals surface area (Å²) in [5, 5.41) is 0. The molecular weight excluding hydrogens is 276 g/mol. The molecule has 0 aliphatic carbocycles. The van der Waals surface area contributed by atoms with Gasteiger partial charge < -0.3 is 4.74 Å².